The Hall–Kier alpha value is -2.05. The Morgan fingerprint density at radius 2 is 1.71 bits per heavy atom. The summed E-state index contributed by atoms with van der Waals surface area (Å²) in [7, 11) is 0. The van der Waals surface area contributed by atoms with Gasteiger partial charge in [-0.25, -0.2) is 0 Å². The van der Waals surface area contributed by atoms with Gasteiger partial charge in [0.05, 0.1) is 0 Å². The number of nitrogens with one attached hydrogen (secondary N) is 1. The van der Waals surface area contributed by atoms with Gasteiger partial charge >= 0.3 is 5.97 Å². The van der Waals surface area contributed by atoms with E-state index < -0.39 is 11.0 Å². The molecular formula is C35H46ClNO5. The molecule has 6 rings (SSSR count). The summed E-state index contributed by atoms with van der Waals surface area (Å²) in [5.74, 6) is 1.10. The van der Waals surface area contributed by atoms with Crippen LogP contribution in [0.3, 0.4) is 0 Å². The lowest BCUT2D eigenvalue weighted by Crippen LogP contribution is -2.60. The smallest absolute Gasteiger partial charge is 0.306 e. The predicted molar refractivity (Wildman–Crippen MR) is 161 cm³/mol. The molecule has 1 aliphatic heterocycles. The number of hydrogen-bond donors (Lipinski definition) is 1. The average Bonchev–Trinajstić information content (AvgIpc) is 3.32. The fourth-order valence-corrected chi connectivity index (χ4v) is 10.4. The van der Waals surface area contributed by atoms with Crippen molar-refractivity contribution in [1.82, 2.24) is 5.32 Å². The standard InChI is InChI=1S/C35H46ClNO5/c1-21(4-11-31(41)42-35(14-16-37-17-15-35)22-5-7-24(36)8-6-22)26-9-10-27-32-28(20-30(40)34(26,27)3)33(2)13-12-25(38)18-23(33)19-29(32)39/h5-8,21,23,26-28,32,37H,4,9-20H2,1-3H3/t21-,23+,26-,27+,28+,32+,33+,34-/m1/s1. The molecule has 228 valence electrons. The number of carbonyl (C=O) groups excluding carboxylic acids is 4. The van der Waals surface area contributed by atoms with Crippen molar-refractivity contribution in [3.05, 3.63) is 34.9 Å². The van der Waals surface area contributed by atoms with Gasteiger partial charge in [-0.1, -0.05) is 44.5 Å². The van der Waals surface area contributed by atoms with Crippen LogP contribution in [0, 0.1) is 46.3 Å². The first-order valence-corrected chi connectivity index (χ1v) is 16.6. The molecular weight excluding hydrogens is 550 g/mol. The molecule has 0 amide bonds. The molecule has 4 saturated carbocycles. The van der Waals surface area contributed by atoms with E-state index in [0.717, 1.165) is 50.8 Å². The van der Waals surface area contributed by atoms with Gasteiger partial charge in [-0.15, -0.1) is 0 Å². The second kappa shape index (κ2) is 11.1. The number of Topliss-reactive ketones (excluding diaryl/α,β-unsaturated/α-hetero) is 3. The van der Waals surface area contributed by atoms with Gasteiger partial charge in [0.1, 0.15) is 23.0 Å². The Bertz CT molecular complexity index is 1250. The first-order valence-electron chi connectivity index (χ1n) is 16.2. The van der Waals surface area contributed by atoms with Crippen molar-refractivity contribution in [2.75, 3.05) is 13.1 Å². The van der Waals surface area contributed by atoms with Crippen LogP contribution in [0.1, 0.15) is 97.0 Å². The predicted octanol–water partition coefficient (Wildman–Crippen LogP) is 6.46. The molecule has 0 radical (unpaired) electrons. The summed E-state index contributed by atoms with van der Waals surface area (Å²) in [6, 6.07) is 7.63. The zero-order valence-electron chi connectivity index (χ0n) is 25.4. The van der Waals surface area contributed by atoms with Crippen LogP contribution in [-0.4, -0.2) is 36.4 Å². The minimum Gasteiger partial charge on any atom is -0.454 e. The van der Waals surface area contributed by atoms with Gasteiger partial charge < -0.3 is 10.1 Å². The zero-order valence-corrected chi connectivity index (χ0v) is 26.1. The largest absolute Gasteiger partial charge is 0.454 e. The van der Waals surface area contributed by atoms with Crippen LogP contribution in [0.5, 0.6) is 0 Å². The summed E-state index contributed by atoms with van der Waals surface area (Å²) in [6.07, 6.45) is 7.03. The first kappa shape index (κ1) is 30.0. The number of halogens is 1. The summed E-state index contributed by atoms with van der Waals surface area (Å²) in [6.45, 7) is 8.13. The number of ketones is 3. The lowest BCUT2D eigenvalue weighted by atomic mass is 9.44. The Morgan fingerprint density at radius 1 is 1.00 bits per heavy atom. The molecule has 1 aromatic carbocycles. The number of benzene rings is 1. The van der Waals surface area contributed by atoms with Gasteiger partial charge in [0.2, 0.25) is 0 Å². The molecule has 8 atom stereocenters. The maximum absolute atomic E-state index is 14.1. The fourth-order valence-electron chi connectivity index (χ4n) is 10.2. The summed E-state index contributed by atoms with van der Waals surface area (Å²) in [5.41, 5.74) is -0.300. The van der Waals surface area contributed by atoms with E-state index in [9.17, 15) is 19.2 Å². The third-order valence-electron chi connectivity index (χ3n) is 12.8. The van der Waals surface area contributed by atoms with Crippen LogP contribution in [0.4, 0.5) is 0 Å². The zero-order chi connectivity index (χ0) is 29.9. The van der Waals surface area contributed by atoms with Crippen molar-refractivity contribution in [1.29, 1.82) is 0 Å². The highest BCUT2D eigenvalue weighted by atomic mass is 35.5. The normalized spacial score (nSPS) is 38.3. The van der Waals surface area contributed by atoms with Crippen LogP contribution < -0.4 is 5.32 Å². The van der Waals surface area contributed by atoms with E-state index in [0.29, 0.717) is 49.3 Å². The van der Waals surface area contributed by atoms with Crippen LogP contribution >= 0.6 is 11.6 Å². The van der Waals surface area contributed by atoms with E-state index in [2.05, 4.69) is 26.1 Å². The molecule has 0 spiro atoms. The van der Waals surface area contributed by atoms with E-state index in [4.69, 9.17) is 16.3 Å². The molecule has 5 fully saturated rings. The maximum Gasteiger partial charge on any atom is 0.306 e. The van der Waals surface area contributed by atoms with Crippen molar-refractivity contribution < 1.29 is 23.9 Å². The highest BCUT2D eigenvalue weighted by molar-refractivity contribution is 6.30. The minimum absolute atomic E-state index is 0.0560. The number of rotatable bonds is 6. The van der Waals surface area contributed by atoms with Gasteiger partial charge in [0.25, 0.3) is 0 Å². The van der Waals surface area contributed by atoms with E-state index in [1.807, 2.05) is 24.3 Å². The lowest BCUT2D eigenvalue weighted by Gasteiger charge is -2.58. The molecule has 4 aliphatic carbocycles. The van der Waals surface area contributed by atoms with Crippen LogP contribution in [0.15, 0.2) is 24.3 Å². The summed E-state index contributed by atoms with van der Waals surface area (Å²) >= 11 is 6.13. The van der Waals surface area contributed by atoms with Crippen molar-refractivity contribution in [3.63, 3.8) is 0 Å². The second-order valence-electron chi connectivity index (χ2n) is 14.7. The molecule has 5 aliphatic rings. The number of esters is 1. The summed E-state index contributed by atoms with van der Waals surface area (Å²) < 4.78 is 6.27. The van der Waals surface area contributed by atoms with Crippen molar-refractivity contribution in [2.45, 2.75) is 97.0 Å². The Kier molecular flexibility index (Phi) is 7.96. The Balaban J connectivity index is 1.14. The van der Waals surface area contributed by atoms with Gasteiger partial charge in [0, 0.05) is 61.3 Å². The lowest BCUT2D eigenvalue weighted by molar-refractivity contribution is -0.166. The topological polar surface area (TPSA) is 89.5 Å². The van der Waals surface area contributed by atoms with E-state index in [1.54, 1.807) is 0 Å². The highest BCUT2D eigenvalue weighted by Crippen LogP contribution is 2.66. The third kappa shape index (κ3) is 4.89. The van der Waals surface area contributed by atoms with Gasteiger partial charge in [-0.3, -0.25) is 19.2 Å². The Labute approximate surface area is 255 Å². The average molecular weight is 596 g/mol. The van der Waals surface area contributed by atoms with Crippen molar-refractivity contribution in [2.24, 2.45) is 46.3 Å². The molecule has 7 heteroatoms. The molecule has 1 N–H and O–H groups in total. The monoisotopic (exact) mass is 595 g/mol. The Morgan fingerprint density at radius 3 is 2.43 bits per heavy atom. The molecule has 1 aromatic rings. The number of fused-ring (bicyclic) bond motifs is 5. The number of carbonyl (C=O) groups is 4. The fraction of sp³-hybridized carbons (Fsp3) is 0.714. The maximum atomic E-state index is 14.1. The molecule has 1 saturated heterocycles. The number of hydrogen-bond acceptors (Lipinski definition) is 6. The van der Waals surface area contributed by atoms with Crippen molar-refractivity contribution >= 4 is 34.9 Å². The van der Waals surface area contributed by atoms with Gasteiger partial charge in [-0.2, -0.15) is 0 Å². The number of ether oxygens (including phenoxy) is 1. The summed E-state index contributed by atoms with van der Waals surface area (Å²) in [4.78, 5) is 53.3. The van der Waals surface area contributed by atoms with Gasteiger partial charge in [0.15, 0.2) is 0 Å². The van der Waals surface area contributed by atoms with E-state index >= 15 is 0 Å². The molecule has 6 nitrogen and oxygen atoms in total. The SMILES string of the molecule is C[C@H](CCC(=O)OC1(c2ccc(Cl)cc2)CCNCC1)[C@H]1CC[C@H]2[C@@H]3C(=O)C[C@@H]4CC(=O)CC[C@]4(C)[C@H]3CC(=O)[C@]12C. The van der Waals surface area contributed by atoms with Crippen LogP contribution in [0.25, 0.3) is 0 Å². The minimum atomic E-state index is -0.645. The highest BCUT2D eigenvalue weighted by Gasteiger charge is 2.66. The summed E-state index contributed by atoms with van der Waals surface area (Å²) in [5, 5.41) is 4.03. The molecule has 42 heavy (non-hydrogen) atoms. The van der Waals surface area contributed by atoms with Gasteiger partial charge in [-0.05, 0) is 91.5 Å². The third-order valence-corrected chi connectivity index (χ3v) is 13.1. The van der Waals surface area contributed by atoms with Crippen molar-refractivity contribution in [3.8, 4) is 0 Å². The van der Waals surface area contributed by atoms with Crippen LogP contribution in [0.2, 0.25) is 5.02 Å². The molecule has 0 unspecified atom stereocenters. The first-order chi connectivity index (χ1) is 20.0. The van der Waals surface area contributed by atoms with Crippen LogP contribution in [-0.2, 0) is 29.5 Å². The van der Waals surface area contributed by atoms with E-state index in [-0.39, 0.29) is 58.5 Å². The molecule has 0 bridgehead atoms. The number of piperidine rings is 1. The molecule has 0 aromatic heterocycles. The van der Waals surface area contributed by atoms with E-state index in [1.165, 1.54) is 0 Å². The second-order valence-corrected chi connectivity index (χ2v) is 15.1. The quantitative estimate of drug-likeness (QED) is 0.379. The molecule has 1 heterocycles.